The third kappa shape index (κ3) is 4.34. The molecule has 2 aromatic heterocycles. The SMILES string of the molecule is CC(C)=CC(c1ccc2c(cnn2-c2ccc(F)cc2)c1)C(C)(C)C(=O)Nc1nccs1. The van der Waals surface area contributed by atoms with Crippen LogP contribution in [0.25, 0.3) is 16.6 Å². The molecule has 1 N–H and O–H groups in total. The highest BCUT2D eigenvalue weighted by Crippen LogP contribution is 2.40. The molecule has 7 heteroatoms. The van der Waals surface area contributed by atoms with Crippen LogP contribution in [0.5, 0.6) is 0 Å². The van der Waals surface area contributed by atoms with Gasteiger partial charge in [0.25, 0.3) is 0 Å². The van der Waals surface area contributed by atoms with Crippen molar-refractivity contribution in [3.8, 4) is 5.69 Å². The van der Waals surface area contributed by atoms with E-state index in [1.807, 2.05) is 45.2 Å². The Bertz CT molecular complexity index is 1270. The molecular weight excluding hydrogens is 423 g/mol. The van der Waals surface area contributed by atoms with E-state index in [-0.39, 0.29) is 17.6 Å². The van der Waals surface area contributed by atoms with E-state index in [2.05, 4.69) is 27.5 Å². The zero-order chi connectivity index (χ0) is 22.9. The Balaban J connectivity index is 1.72. The Morgan fingerprint density at radius 2 is 1.94 bits per heavy atom. The quantitative estimate of drug-likeness (QED) is 0.350. The number of carbonyl (C=O) groups is 1. The number of benzene rings is 2. The fourth-order valence-electron chi connectivity index (χ4n) is 3.77. The van der Waals surface area contributed by atoms with Crippen molar-refractivity contribution >= 4 is 33.3 Å². The van der Waals surface area contributed by atoms with Crippen LogP contribution in [0.1, 0.15) is 39.2 Å². The Morgan fingerprint density at radius 3 is 2.59 bits per heavy atom. The minimum atomic E-state index is -0.719. The number of halogens is 1. The van der Waals surface area contributed by atoms with Gasteiger partial charge < -0.3 is 5.32 Å². The number of thiazole rings is 1. The van der Waals surface area contributed by atoms with Gasteiger partial charge in [-0.2, -0.15) is 5.10 Å². The second-order valence-corrected chi connectivity index (χ2v) is 9.48. The summed E-state index contributed by atoms with van der Waals surface area (Å²) >= 11 is 1.40. The van der Waals surface area contributed by atoms with Crippen molar-refractivity contribution in [3.63, 3.8) is 0 Å². The van der Waals surface area contributed by atoms with Crippen molar-refractivity contribution in [2.24, 2.45) is 5.41 Å². The van der Waals surface area contributed by atoms with Crippen molar-refractivity contribution in [1.29, 1.82) is 0 Å². The van der Waals surface area contributed by atoms with Crippen LogP contribution in [0.2, 0.25) is 0 Å². The van der Waals surface area contributed by atoms with E-state index in [0.717, 1.165) is 27.7 Å². The number of hydrogen-bond donors (Lipinski definition) is 1. The first kappa shape index (κ1) is 21.9. The third-order valence-corrected chi connectivity index (χ3v) is 6.23. The first-order valence-electron chi connectivity index (χ1n) is 10.4. The predicted molar refractivity (Wildman–Crippen MR) is 128 cm³/mol. The highest BCUT2D eigenvalue weighted by atomic mass is 32.1. The van der Waals surface area contributed by atoms with E-state index in [0.29, 0.717) is 5.13 Å². The summed E-state index contributed by atoms with van der Waals surface area (Å²) in [6.07, 6.45) is 5.60. The molecule has 164 valence electrons. The van der Waals surface area contributed by atoms with Crippen molar-refractivity contribution in [3.05, 3.63) is 83.3 Å². The van der Waals surface area contributed by atoms with Gasteiger partial charge in [0, 0.05) is 22.9 Å². The normalized spacial score (nSPS) is 12.5. The second-order valence-electron chi connectivity index (χ2n) is 8.59. The number of amides is 1. The van der Waals surface area contributed by atoms with Crippen molar-refractivity contribution in [2.75, 3.05) is 5.32 Å². The first-order chi connectivity index (χ1) is 15.3. The van der Waals surface area contributed by atoms with Crippen LogP contribution in [0.3, 0.4) is 0 Å². The molecule has 2 aromatic carbocycles. The van der Waals surface area contributed by atoms with Gasteiger partial charge in [-0.1, -0.05) is 31.6 Å². The number of anilines is 1. The van der Waals surface area contributed by atoms with Gasteiger partial charge in [0.05, 0.1) is 22.8 Å². The van der Waals surface area contributed by atoms with E-state index in [4.69, 9.17) is 0 Å². The highest BCUT2D eigenvalue weighted by molar-refractivity contribution is 7.13. The van der Waals surface area contributed by atoms with Gasteiger partial charge in [-0.25, -0.2) is 14.1 Å². The molecule has 0 fully saturated rings. The van der Waals surface area contributed by atoms with Crippen molar-refractivity contribution in [2.45, 2.75) is 33.6 Å². The molecule has 2 heterocycles. The minimum absolute atomic E-state index is 0.0861. The lowest BCUT2D eigenvalue weighted by molar-refractivity contribution is -0.124. The molecule has 0 spiro atoms. The van der Waals surface area contributed by atoms with E-state index < -0.39 is 5.41 Å². The van der Waals surface area contributed by atoms with E-state index >= 15 is 0 Å². The predicted octanol–water partition coefficient (Wildman–Crippen LogP) is 6.34. The van der Waals surface area contributed by atoms with Gasteiger partial charge in [-0.3, -0.25) is 4.79 Å². The zero-order valence-electron chi connectivity index (χ0n) is 18.5. The van der Waals surface area contributed by atoms with Gasteiger partial charge in [0.2, 0.25) is 5.91 Å². The largest absolute Gasteiger partial charge is 0.301 e. The molecule has 0 aliphatic rings. The standard InChI is InChI=1S/C25H25FN4OS/c1-16(2)13-21(25(3,4)23(31)29-24-27-11-12-32-24)17-5-10-22-18(14-17)15-28-30(22)20-8-6-19(26)7-9-20/h5-15,21H,1-4H3,(H,27,29,31). The zero-order valence-corrected chi connectivity index (χ0v) is 19.3. The smallest absolute Gasteiger partial charge is 0.232 e. The molecule has 0 aliphatic carbocycles. The summed E-state index contributed by atoms with van der Waals surface area (Å²) in [7, 11) is 0. The summed E-state index contributed by atoms with van der Waals surface area (Å²) in [5, 5.41) is 10.8. The van der Waals surface area contributed by atoms with Crippen LogP contribution in [0.4, 0.5) is 9.52 Å². The summed E-state index contributed by atoms with van der Waals surface area (Å²) in [6.45, 7) is 7.97. The van der Waals surface area contributed by atoms with Crippen LogP contribution in [0.15, 0.2) is 71.9 Å². The molecule has 1 amide bonds. The summed E-state index contributed by atoms with van der Waals surface area (Å²) in [5.74, 6) is -0.515. The number of rotatable bonds is 6. The molecule has 4 rings (SSSR count). The van der Waals surface area contributed by atoms with Gasteiger partial charge in [-0.05, 0) is 55.8 Å². The molecule has 0 radical (unpaired) electrons. The molecule has 0 saturated heterocycles. The van der Waals surface area contributed by atoms with Crippen LogP contribution in [0, 0.1) is 11.2 Å². The summed E-state index contributed by atoms with van der Waals surface area (Å²) in [5.41, 5.74) is 3.15. The number of fused-ring (bicyclic) bond motifs is 1. The molecule has 32 heavy (non-hydrogen) atoms. The first-order valence-corrected chi connectivity index (χ1v) is 11.2. The van der Waals surface area contributed by atoms with Gasteiger partial charge in [-0.15, -0.1) is 11.3 Å². The lowest BCUT2D eigenvalue weighted by Crippen LogP contribution is -2.35. The van der Waals surface area contributed by atoms with E-state index in [9.17, 15) is 9.18 Å². The van der Waals surface area contributed by atoms with E-state index in [1.165, 1.54) is 23.5 Å². The Morgan fingerprint density at radius 1 is 1.19 bits per heavy atom. The maximum Gasteiger partial charge on any atom is 0.232 e. The Hall–Kier alpha value is -3.32. The van der Waals surface area contributed by atoms with Crippen LogP contribution >= 0.6 is 11.3 Å². The fourth-order valence-corrected chi connectivity index (χ4v) is 4.30. The highest BCUT2D eigenvalue weighted by Gasteiger charge is 2.37. The molecule has 0 bridgehead atoms. The summed E-state index contributed by atoms with van der Waals surface area (Å²) in [6, 6.07) is 12.4. The van der Waals surface area contributed by atoms with Gasteiger partial charge in [0.1, 0.15) is 5.82 Å². The average Bonchev–Trinajstić information content (AvgIpc) is 3.41. The van der Waals surface area contributed by atoms with Crippen LogP contribution in [-0.2, 0) is 4.79 Å². The van der Waals surface area contributed by atoms with Gasteiger partial charge >= 0.3 is 0 Å². The average molecular weight is 449 g/mol. The molecule has 1 atom stereocenters. The van der Waals surface area contributed by atoms with Crippen molar-refractivity contribution in [1.82, 2.24) is 14.8 Å². The maximum atomic E-state index is 13.3. The molecular formula is C25H25FN4OS. The van der Waals surface area contributed by atoms with Crippen molar-refractivity contribution < 1.29 is 9.18 Å². The summed E-state index contributed by atoms with van der Waals surface area (Å²) in [4.78, 5) is 17.4. The summed E-state index contributed by atoms with van der Waals surface area (Å²) < 4.78 is 15.1. The fraction of sp³-hybridized carbons (Fsp3) is 0.240. The lowest BCUT2D eigenvalue weighted by Gasteiger charge is -2.31. The molecule has 1 unspecified atom stereocenters. The number of carbonyl (C=O) groups excluding carboxylic acids is 1. The molecule has 0 saturated carbocycles. The Kier molecular flexibility index (Phi) is 5.93. The van der Waals surface area contributed by atoms with Crippen LogP contribution < -0.4 is 5.32 Å². The number of aromatic nitrogens is 3. The topological polar surface area (TPSA) is 59.8 Å². The third-order valence-electron chi connectivity index (χ3n) is 5.54. The Labute approximate surface area is 190 Å². The lowest BCUT2D eigenvalue weighted by atomic mass is 9.73. The number of nitrogens with zero attached hydrogens (tertiary/aromatic N) is 3. The number of hydrogen-bond acceptors (Lipinski definition) is 4. The molecule has 4 aromatic rings. The molecule has 5 nitrogen and oxygen atoms in total. The van der Waals surface area contributed by atoms with E-state index in [1.54, 1.807) is 29.2 Å². The number of allylic oxidation sites excluding steroid dienone is 2. The molecule has 0 aliphatic heterocycles. The van der Waals surface area contributed by atoms with Crippen LogP contribution in [-0.4, -0.2) is 20.7 Å². The monoisotopic (exact) mass is 448 g/mol. The van der Waals surface area contributed by atoms with Gasteiger partial charge in [0.15, 0.2) is 5.13 Å². The maximum absolute atomic E-state index is 13.3. The second kappa shape index (κ2) is 8.67. The number of nitrogens with one attached hydrogen (secondary N) is 1. The minimum Gasteiger partial charge on any atom is -0.301 e.